The molecule has 0 radical (unpaired) electrons. The Kier molecular flexibility index (Phi) is 5.39. The van der Waals surface area contributed by atoms with Gasteiger partial charge in [-0.2, -0.15) is 0 Å². The Balaban J connectivity index is 2.24. The van der Waals surface area contributed by atoms with Crippen LogP contribution in [0.25, 0.3) is 0 Å². The standard InChI is InChI=1S/C17H19NO4S/c1-4-21-18-15(14-6-5-11-23-14)12-7-9-13(10-8-12)22-17(2,3)16(19)20/h5-11H,4H2,1-3H3,(H,19,20)/b18-15-. The van der Waals surface area contributed by atoms with Gasteiger partial charge in [-0.05, 0) is 56.5 Å². The molecule has 0 aliphatic carbocycles. The van der Waals surface area contributed by atoms with E-state index in [0.717, 1.165) is 16.2 Å². The second-order valence-electron chi connectivity index (χ2n) is 5.28. The predicted octanol–water partition coefficient (Wildman–Crippen LogP) is 3.78. The van der Waals surface area contributed by atoms with E-state index in [-0.39, 0.29) is 0 Å². The van der Waals surface area contributed by atoms with E-state index < -0.39 is 11.6 Å². The van der Waals surface area contributed by atoms with Crippen molar-refractivity contribution in [3.8, 4) is 5.75 Å². The van der Waals surface area contributed by atoms with Gasteiger partial charge in [0.1, 0.15) is 18.1 Å². The zero-order valence-corrected chi connectivity index (χ0v) is 14.1. The molecular weight excluding hydrogens is 314 g/mol. The Bertz CT molecular complexity index is 675. The van der Waals surface area contributed by atoms with Crippen molar-refractivity contribution in [2.45, 2.75) is 26.4 Å². The zero-order valence-electron chi connectivity index (χ0n) is 13.3. The molecule has 1 aromatic heterocycles. The van der Waals surface area contributed by atoms with Gasteiger partial charge in [-0.1, -0.05) is 11.2 Å². The monoisotopic (exact) mass is 333 g/mol. The minimum Gasteiger partial charge on any atom is -0.478 e. The first kappa shape index (κ1) is 17.0. The number of carboxylic acid groups (broad SMARTS) is 1. The van der Waals surface area contributed by atoms with Gasteiger partial charge in [0, 0.05) is 5.56 Å². The smallest absolute Gasteiger partial charge is 0.347 e. The van der Waals surface area contributed by atoms with Crippen LogP contribution in [-0.4, -0.2) is 29.0 Å². The van der Waals surface area contributed by atoms with Gasteiger partial charge in [-0.3, -0.25) is 0 Å². The maximum absolute atomic E-state index is 11.1. The van der Waals surface area contributed by atoms with Crippen molar-refractivity contribution in [1.29, 1.82) is 0 Å². The molecule has 2 aromatic rings. The van der Waals surface area contributed by atoms with E-state index in [0.29, 0.717) is 12.4 Å². The van der Waals surface area contributed by atoms with Crippen LogP contribution >= 0.6 is 11.3 Å². The van der Waals surface area contributed by atoms with Crippen LogP contribution in [0.1, 0.15) is 31.2 Å². The maximum Gasteiger partial charge on any atom is 0.347 e. The summed E-state index contributed by atoms with van der Waals surface area (Å²) in [6.45, 7) is 5.39. The van der Waals surface area contributed by atoms with Crippen molar-refractivity contribution in [2.24, 2.45) is 5.16 Å². The lowest BCUT2D eigenvalue weighted by Crippen LogP contribution is -2.37. The van der Waals surface area contributed by atoms with Gasteiger partial charge in [-0.15, -0.1) is 11.3 Å². The number of carboxylic acids is 1. The SMILES string of the molecule is CCO/N=C(/c1ccc(OC(C)(C)C(=O)O)cc1)c1cccs1. The molecule has 5 nitrogen and oxygen atoms in total. The van der Waals surface area contributed by atoms with Crippen molar-refractivity contribution < 1.29 is 19.5 Å². The fourth-order valence-corrected chi connectivity index (χ4v) is 2.53. The minimum atomic E-state index is -1.28. The Morgan fingerprint density at radius 1 is 1.26 bits per heavy atom. The molecule has 0 saturated heterocycles. The Morgan fingerprint density at radius 3 is 2.48 bits per heavy atom. The number of aliphatic carboxylic acids is 1. The van der Waals surface area contributed by atoms with Crippen molar-refractivity contribution in [2.75, 3.05) is 6.61 Å². The normalized spacial score (nSPS) is 12.0. The second kappa shape index (κ2) is 7.28. The predicted molar refractivity (Wildman–Crippen MR) is 90.4 cm³/mol. The highest BCUT2D eigenvalue weighted by Gasteiger charge is 2.29. The van der Waals surface area contributed by atoms with E-state index in [9.17, 15) is 4.79 Å². The Hall–Kier alpha value is -2.34. The van der Waals surface area contributed by atoms with Crippen LogP contribution in [0, 0.1) is 0 Å². The summed E-state index contributed by atoms with van der Waals surface area (Å²) in [5.74, 6) is -0.526. The molecule has 2 rings (SSSR count). The van der Waals surface area contributed by atoms with E-state index in [2.05, 4.69) is 5.16 Å². The lowest BCUT2D eigenvalue weighted by molar-refractivity contribution is -0.152. The molecule has 0 aliphatic heterocycles. The maximum atomic E-state index is 11.1. The zero-order chi connectivity index (χ0) is 16.9. The van der Waals surface area contributed by atoms with Gasteiger partial charge in [0.05, 0.1) is 4.88 Å². The van der Waals surface area contributed by atoms with Crippen LogP contribution in [0.3, 0.4) is 0 Å². The van der Waals surface area contributed by atoms with Gasteiger partial charge in [0.25, 0.3) is 0 Å². The van der Waals surface area contributed by atoms with Crippen LogP contribution in [0.5, 0.6) is 5.75 Å². The molecular formula is C17H19NO4S. The second-order valence-corrected chi connectivity index (χ2v) is 6.22. The third-order valence-electron chi connectivity index (χ3n) is 3.06. The first-order chi connectivity index (χ1) is 10.9. The summed E-state index contributed by atoms with van der Waals surface area (Å²) in [6, 6.07) is 11.1. The average Bonchev–Trinajstić information content (AvgIpc) is 3.03. The van der Waals surface area contributed by atoms with Crippen LogP contribution in [0.2, 0.25) is 0 Å². The molecule has 0 aliphatic rings. The average molecular weight is 333 g/mol. The summed E-state index contributed by atoms with van der Waals surface area (Å²) in [5, 5.41) is 15.3. The Labute approximate surface area is 139 Å². The fourth-order valence-electron chi connectivity index (χ4n) is 1.80. The van der Waals surface area contributed by atoms with Crippen LogP contribution in [-0.2, 0) is 9.63 Å². The quantitative estimate of drug-likeness (QED) is 0.618. The summed E-state index contributed by atoms with van der Waals surface area (Å²) in [5.41, 5.74) is 0.338. The third-order valence-corrected chi connectivity index (χ3v) is 3.93. The number of hydrogen-bond acceptors (Lipinski definition) is 5. The number of ether oxygens (including phenoxy) is 1. The summed E-state index contributed by atoms with van der Waals surface area (Å²) < 4.78 is 5.50. The summed E-state index contributed by atoms with van der Waals surface area (Å²) in [4.78, 5) is 17.3. The summed E-state index contributed by atoms with van der Waals surface area (Å²) >= 11 is 1.57. The lowest BCUT2D eigenvalue weighted by atomic mass is 10.1. The number of benzene rings is 1. The van der Waals surface area contributed by atoms with E-state index in [1.165, 1.54) is 13.8 Å². The molecule has 122 valence electrons. The van der Waals surface area contributed by atoms with Crippen LogP contribution in [0.15, 0.2) is 46.9 Å². The van der Waals surface area contributed by atoms with E-state index >= 15 is 0 Å². The Morgan fingerprint density at radius 2 is 1.96 bits per heavy atom. The highest BCUT2D eigenvalue weighted by Crippen LogP contribution is 2.22. The van der Waals surface area contributed by atoms with Gasteiger partial charge in [0.2, 0.25) is 0 Å². The molecule has 23 heavy (non-hydrogen) atoms. The lowest BCUT2D eigenvalue weighted by Gasteiger charge is -2.21. The fraction of sp³-hybridized carbons (Fsp3) is 0.294. The number of oxime groups is 1. The molecule has 1 N–H and O–H groups in total. The highest BCUT2D eigenvalue weighted by atomic mass is 32.1. The molecule has 1 heterocycles. The first-order valence-corrected chi connectivity index (χ1v) is 8.08. The molecule has 0 spiro atoms. The van der Waals surface area contributed by atoms with Gasteiger partial charge in [0.15, 0.2) is 5.60 Å². The largest absolute Gasteiger partial charge is 0.478 e. The molecule has 0 unspecified atom stereocenters. The number of rotatable bonds is 7. The van der Waals surface area contributed by atoms with Crippen molar-refractivity contribution in [1.82, 2.24) is 0 Å². The molecule has 6 heteroatoms. The molecule has 0 atom stereocenters. The van der Waals surface area contributed by atoms with E-state index in [1.54, 1.807) is 23.5 Å². The number of thiophene rings is 1. The van der Waals surface area contributed by atoms with E-state index in [1.807, 2.05) is 36.6 Å². The molecule has 0 amide bonds. The number of nitrogens with zero attached hydrogens (tertiary/aromatic N) is 1. The van der Waals surface area contributed by atoms with E-state index in [4.69, 9.17) is 14.7 Å². The first-order valence-electron chi connectivity index (χ1n) is 7.20. The van der Waals surface area contributed by atoms with Crippen LogP contribution in [0.4, 0.5) is 0 Å². The minimum absolute atomic E-state index is 0.489. The third kappa shape index (κ3) is 4.32. The van der Waals surface area contributed by atoms with Gasteiger partial charge in [-0.25, -0.2) is 4.79 Å². The molecule has 1 aromatic carbocycles. The van der Waals surface area contributed by atoms with Crippen LogP contribution < -0.4 is 4.74 Å². The van der Waals surface area contributed by atoms with Crippen molar-refractivity contribution >= 4 is 23.0 Å². The highest BCUT2D eigenvalue weighted by molar-refractivity contribution is 7.12. The summed E-state index contributed by atoms with van der Waals surface area (Å²) in [6.07, 6.45) is 0. The molecule has 0 fully saturated rings. The van der Waals surface area contributed by atoms with Crippen molar-refractivity contribution in [3.63, 3.8) is 0 Å². The molecule has 0 saturated carbocycles. The topological polar surface area (TPSA) is 68.1 Å². The van der Waals surface area contributed by atoms with Gasteiger partial charge < -0.3 is 14.7 Å². The van der Waals surface area contributed by atoms with Gasteiger partial charge >= 0.3 is 5.97 Å². The molecule has 0 bridgehead atoms. The number of carbonyl (C=O) groups is 1. The number of hydrogen-bond donors (Lipinski definition) is 1. The van der Waals surface area contributed by atoms with Crippen molar-refractivity contribution in [3.05, 3.63) is 52.2 Å². The summed E-state index contributed by atoms with van der Waals surface area (Å²) in [7, 11) is 0.